The smallest absolute Gasteiger partial charge is 0.0233 e. The van der Waals surface area contributed by atoms with Crippen molar-refractivity contribution in [1.82, 2.24) is 0 Å². The molecule has 0 aliphatic heterocycles. The summed E-state index contributed by atoms with van der Waals surface area (Å²) in [5.41, 5.74) is 8.51. The van der Waals surface area contributed by atoms with Crippen molar-refractivity contribution in [2.45, 2.75) is 89.1 Å². The number of halogens is 2. The summed E-state index contributed by atoms with van der Waals surface area (Å²) >= 11 is -0.826. The SMILES string of the molecule is C[Si]C.[Cl][Zr+2][Cl].c1ccc(-c2cc3c(C4CCCCC4)cccc3[cH-]2)cc1.c1ccc(-c2cc3c(C4CCCCC4)cccc3[cH-]2)cc1. The molecule has 0 amide bonds. The first-order valence-electron chi connectivity index (χ1n) is 17.7. The van der Waals surface area contributed by atoms with E-state index in [1.54, 1.807) is 11.1 Å². The van der Waals surface area contributed by atoms with Gasteiger partial charge in [-0.2, -0.15) is 0 Å². The largest absolute Gasteiger partial charge is 0.144 e. The monoisotopic (exact) mass is 764 g/mol. The average Bonchev–Trinajstić information content (AvgIpc) is 3.80. The van der Waals surface area contributed by atoms with E-state index in [4.69, 9.17) is 17.0 Å². The van der Waals surface area contributed by atoms with Gasteiger partial charge in [0.1, 0.15) is 0 Å². The molecule has 2 saturated carbocycles. The molecule has 8 rings (SSSR count). The van der Waals surface area contributed by atoms with E-state index in [1.165, 1.54) is 108 Å². The standard InChI is InChI=1S/2C21H21.C2H6Si.2ClH.Zr/c2*1-3-8-16(9-4-1)19-14-18-12-7-13-20(21(18)15-19)17-10-5-2-6-11-17;1-3-2;;;/h2*1,3-4,7-9,12-15,17H,2,5-6,10-11H2;1-2H3;2*1H;/q2*-1;;;;+4/p-2. The topological polar surface area (TPSA) is 0 Å². The zero-order chi connectivity index (χ0) is 33.6. The van der Waals surface area contributed by atoms with Crippen LogP contribution in [0.25, 0.3) is 43.8 Å². The Bertz CT molecular complexity index is 1640. The fourth-order valence-electron chi connectivity index (χ4n) is 7.65. The molecule has 246 valence electrons. The van der Waals surface area contributed by atoms with E-state index in [0.29, 0.717) is 0 Å². The molecule has 0 bridgehead atoms. The van der Waals surface area contributed by atoms with Crippen molar-refractivity contribution in [1.29, 1.82) is 0 Å². The van der Waals surface area contributed by atoms with Gasteiger partial charge in [-0.3, -0.25) is 0 Å². The predicted molar refractivity (Wildman–Crippen MR) is 211 cm³/mol. The Hall–Kier alpha value is -2.22. The number of hydrogen-bond donors (Lipinski definition) is 0. The molecule has 0 heterocycles. The minimum absolute atomic E-state index is 0.772. The van der Waals surface area contributed by atoms with Crippen molar-refractivity contribution in [3.8, 4) is 22.3 Å². The molecule has 6 aromatic carbocycles. The zero-order valence-corrected chi connectivity index (χ0v) is 33.5. The van der Waals surface area contributed by atoms with Crippen LogP contribution in [0.1, 0.15) is 87.2 Å². The number of rotatable bonds is 4. The normalized spacial score (nSPS) is 14.9. The van der Waals surface area contributed by atoms with E-state index in [2.05, 4.69) is 134 Å². The van der Waals surface area contributed by atoms with Gasteiger partial charge in [0.2, 0.25) is 0 Å². The Morgan fingerprint density at radius 1 is 0.521 bits per heavy atom. The molecule has 0 nitrogen and oxygen atoms in total. The Balaban J connectivity index is 0.000000162. The molecular formula is C44H48Cl2SiZr. The van der Waals surface area contributed by atoms with Crippen LogP contribution < -0.4 is 0 Å². The van der Waals surface area contributed by atoms with E-state index >= 15 is 0 Å². The molecule has 2 radical (unpaired) electrons. The van der Waals surface area contributed by atoms with Gasteiger partial charge in [-0.25, -0.2) is 0 Å². The second kappa shape index (κ2) is 19.8. The Kier molecular flexibility index (Phi) is 15.3. The minimum atomic E-state index is -0.826. The van der Waals surface area contributed by atoms with E-state index in [0.717, 1.165) is 21.4 Å². The van der Waals surface area contributed by atoms with Crippen molar-refractivity contribution in [2.75, 3.05) is 0 Å². The molecule has 0 saturated heterocycles. The van der Waals surface area contributed by atoms with Crippen molar-refractivity contribution >= 4 is 48.1 Å². The van der Waals surface area contributed by atoms with Gasteiger partial charge in [0.05, 0.1) is 0 Å². The third-order valence-corrected chi connectivity index (χ3v) is 9.87. The second-order valence-electron chi connectivity index (χ2n) is 13.2. The molecule has 0 N–H and O–H groups in total. The molecule has 0 spiro atoms. The Labute approximate surface area is 310 Å². The van der Waals surface area contributed by atoms with Gasteiger partial charge in [-0.05, 0) is 37.5 Å². The molecular weight excluding hydrogens is 719 g/mol. The van der Waals surface area contributed by atoms with Crippen LogP contribution in [0, 0.1) is 0 Å². The summed E-state index contributed by atoms with van der Waals surface area (Å²) < 4.78 is 0. The summed E-state index contributed by atoms with van der Waals surface area (Å²) in [6.07, 6.45) is 13.9. The summed E-state index contributed by atoms with van der Waals surface area (Å²) in [6, 6.07) is 44.6. The Morgan fingerprint density at radius 2 is 0.875 bits per heavy atom. The summed E-state index contributed by atoms with van der Waals surface area (Å²) in [4.78, 5) is 0. The molecule has 2 fully saturated rings. The summed E-state index contributed by atoms with van der Waals surface area (Å²) in [5.74, 6) is 1.54. The molecule has 2 aliphatic rings. The maximum Gasteiger partial charge on any atom is -0.0233 e. The summed E-state index contributed by atoms with van der Waals surface area (Å²) in [6.45, 7) is 4.31. The summed E-state index contributed by atoms with van der Waals surface area (Å²) in [7, 11) is 11.0. The molecule has 48 heavy (non-hydrogen) atoms. The van der Waals surface area contributed by atoms with Gasteiger partial charge < -0.3 is 0 Å². The van der Waals surface area contributed by atoms with E-state index in [1.807, 2.05) is 0 Å². The molecule has 2 aliphatic carbocycles. The molecule has 0 atom stereocenters. The van der Waals surface area contributed by atoms with Crippen LogP contribution in [0.5, 0.6) is 0 Å². The van der Waals surface area contributed by atoms with Crippen LogP contribution in [0.4, 0.5) is 0 Å². The fraction of sp³-hybridized carbons (Fsp3) is 0.318. The number of fused-ring (bicyclic) bond motifs is 2. The molecule has 6 aromatic rings. The predicted octanol–water partition coefficient (Wildman–Crippen LogP) is 14.7. The van der Waals surface area contributed by atoms with Crippen LogP contribution in [-0.2, 0) is 20.8 Å². The third kappa shape index (κ3) is 9.94. The molecule has 0 unspecified atom stereocenters. The Morgan fingerprint density at radius 3 is 1.23 bits per heavy atom. The maximum atomic E-state index is 4.93. The van der Waals surface area contributed by atoms with Crippen molar-refractivity contribution in [3.05, 3.63) is 132 Å². The van der Waals surface area contributed by atoms with Crippen molar-refractivity contribution < 1.29 is 20.8 Å². The van der Waals surface area contributed by atoms with E-state index in [9.17, 15) is 0 Å². The quantitative estimate of drug-likeness (QED) is 0.124. The maximum absolute atomic E-state index is 4.93. The first-order chi connectivity index (χ1) is 23.7. The van der Waals surface area contributed by atoms with Gasteiger partial charge in [0.25, 0.3) is 0 Å². The summed E-state index contributed by atoms with van der Waals surface area (Å²) in [5, 5.41) is 5.75. The zero-order valence-electron chi connectivity index (χ0n) is 28.5. The van der Waals surface area contributed by atoms with Gasteiger partial charge in [0, 0.05) is 9.52 Å². The average molecular weight is 767 g/mol. The number of benzene rings is 4. The van der Waals surface area contributed by atoms with Crippen molar-refractivity contribution in [2.24, 2.45) is 0 Å². The van der Waals surface area contributed by atoms with Crippen LogP contribution >= 0.6 is 17.0 Å². The fourth-order valence-corrected chi connectivity index (χ4v) is 7.65. The first-order valence-corrected chi connectivity index (χ1v) is 26.0. The second-order valence-corrected chi connectivity index (χ2v) is 17.9. The van der Waals surface area contributed by atoms with Crippen LogP contribution in [-0.4, -0.2) is 9.52 Å². The first kappa shape index (κ1) is 37.0. The third-order valence-electron chi connectivity index (χ3n) is 9.87. The number of hydrogen-bond acceptors (Lipinski definition) is 0. The van der Waals surface area contributed by atoms with Crippen LogP contribution in [0.2, 0.25) is 13.1 Å². The van der Waals surface area contributed by atoms with Crippen LogP contribution in [0.15, 0.2) is 121 Å². The van der Waals surface area contributed by atoms with Gasteiger partial charge in [-0.1, -0.05) is 159 Å². The van der Waals surface area contributed by atoms with Gasteiger partial charge in [-0.15, -0.1) is 69.1 Å². The molecule has 0 aromatic heterocycles. The van der Waals surface area contributed by atoms with Crippen molar-refractivity contribution in [3.63, 3.8) is 0 Å². The van der Waals surface area contributed by atoms with Crippen LogP contribution in [0.3, 0.4) is 0 Å². The van der Waals surface area contributed by atoms with Gasteiger partial charge >= 0.3 is 37.9 Å². The van der Waals surface area contributed by atoms with E-state index < -0.39 is 20.8 Å². The molecule has 4 heteroatoms. The minimum Gasteiger partial charge on any atom is -0.144 e. The van der Waals surface area contributed by atoms with E-state index in [-0.39, 0.29) is 0 Å². The van der Waals surface area contributed by atoms with Gasteiger partial charge in [0.15, 0.2) is 0 Å².